The molecule has 1 unspecified atom stereocenters. The Morgan fingerprint density at radius 2 is 2.00 bits per heavy atom. The number of benzene rings is 1. The van der Waals surface area contributed by atoms with Crippen molar-refractivity contribution in [2.24, 2.45) is 0 Å². The molecule has 0 amide bonds. The second-order valence-electron chi connectivity index (χ2n) is 5.04. The number of nitrogens with zero attached hydrogens (tertiary/aromatic N) is 2. The van der Waals surface area contributed by atoms with Gasteiger partial charge in [-0.25, -0.2) is 4.98 Å². The standard InChI is InChI=1S/C15H16ClF3N4/c1-3-9(2)21-14-20-7-6-13(23-14)22-10-4-5-12(16)11(8-10)15(17,18)19/h4-9H,3H2,1-2H3,(H2,20,21,22,23). The minimum absolute atomic E-state index is 0.192. The van der Waals surface area contributed by atoms with Crippen LogP contribution >= 0.6 is 11.6 Å². The Bertz CT molecular complexity index is 676. The lowest BCUT2D eigenvalue weighted by atomic mass is 10.2. The lowest BCUT2D eigenvalue weighted by molar-refractivity contribution is -0.137. The summed E-state index contributed by atoms with van der Waals surface area (Å²) < 4.78 is 38.6. The fourth-order valence-corrected chi connectivity index (χ4v) is 2.01. The Morgan fingerprint density at radius 1 is 1.26 bits per heavy atom. The van der Waals surface area contributed by atoms with Gasteiger partial charge in [-0.2, -0.15) is 18.2 Å². The maximum absolute atomic E-state index is 12.9. The zero-order valence-electron chi connectivity index (χ0n) is 12.6. The quantitative estimate of drug-likeness (QED) is 0.792. The molecule has 1 aromatic carbocycles. The highest BCUT2D eigenvalue weighted by Crippen LogP contribution is 2.36. The maximum Gasteiger partial charge on any atom is 0.417 e. The molecule has 0 radical (unpaired) electrons. The maximum atomic E-state index is 12.9. The lowest BCUT2D eigenvalue weighted by Gasteiger charge is -2.14. The predicted octanol–water partition coefficient (Wildman–Crippen LogP) is 5.10. The van der Waals surface area contributed by atoms with Crippen molar-refractivity contribution < 1.29 is 13.2 Å². The number of anilines is 3. The topological polar surface area (TPSA) is 49.8 Å². The molecule has 8 heteroatoms. The number of hydrogen-bond acceptors (Lipinski definition) is 4. The van der Waals surface area contributed by atoms with Crippen molar-refractivity contribution in [1.82, 2.24) is 9.97 Å². The van der Waals surface area contributed by atoms with Crippen LogP contribution in [0.15, 0.2) is 30.5 Å². The number of hydrogen-bond donors (Lipinski definition) is 2. The second kappa shape index (κ2) is 7.04. The fraction of sp³-hybridized carbons (Fsp3) is 0.333. The molecule has 2 N–H and O–H groups in total. The zero-order chi connectivity index (χ0) is 17.0. The fourth-order valence-electron chi connectivity index (χ4n) is 1.79. The molecule has 0 spiro atoms. The van der Waals surface area contributed by atoms with Crippen molar-refractivity contribution in [1.29, 1.82) is 0 Å². The van der Waals surface area contributed by atoms with Gasteiger partial charge in [0.2, 0.25) is 5.95 Å². The third-order valence-corrected chi connectivity index (χ3v) is 3.52. The van der Waals surface area contributed by atoms with Gasteiger partial charge in [0, 0.05) is 17.9 Å². The van der Waals surface area contributed by atoms with Gasteiger partial charge in [0.1, 0.15) is 5.82 Å². The second-order valence-corrected chi connectivity index (χ2v) is 5.44. The van der Waals surface area contributed by atoms with Crippen molar-refractivity contribution in [3.63, 3.8) is 0 Å². The van der Waals surface area contributed by atoms with E-state index < -0.39 is 11.7 Å². The minimum Gasteiger partial charge on any atom is -0.352 e. The zero-order valence-corrected chi connectivity index (χ0v) is 13.3. The Balaban J connectivity index is 2.21. The van der Waals surface area contributed by atoms with Crippen LogP contribution in [-0.2, 0) is 6.18 Å². The number of rotatable bonds is 5. The van der Waals surface area contributed by atoms with E-state index in [0.29, 0.717) is 11.8 Å². The van der Waals surface area contributed by atoms with E-state index in [4.69, 9.17) is 11.6 Å². The summed E-state index contributed by atoms with van der Waals surface area (Å²) in [4.78, 5) is 8.30. The largest absolute Gasteiger partial charge is 0.417 e. The van der Waals surface area contributed by atoms with Crippen LogP contribution in [0.5, 0.6) is 0 Å². The summed E-state index contributed by atoms with van der Waals surface area (Å²) in [7, 11) is 0. The van der Waals surface area contributed by atoms with Crippen molar-refractivity contribution in [2.75, 3.05) is 10.6 Å². The van der Waals surface area contributed by atoms with Crippen LogP contribution < -0.4 is 10.6 Å². The molecule has 0 bridgehead atoms. The Labute approximate surface area is 137 Å². The summed E-state index contributed by atoms with van der Waals surface area (Å²) >= 11 is 5.60. The summed E-state index contributed by atoms with van der Waals surface area (Å²) in [6, 6.07) is 5.38. The molecule has 2 rings (SSSR count). The molecule has 0 aliphatic rings. The molecule has 1 aromatic heterocycles. The molecule has 124 valence electrons. The van der Waals surface area contributed by atoms with Gasteiger partial charge in [0.15, 0.2) is 0 Å². The molecule has 0 saturated heterocycles. The Morgan fingerprint density at radius 3 is 2.65 bits per heavy atom. The Kier molecular flexibility index (Phi) is 5.30. The van der Waals surface area contributed by atoms with E-state index in [9.17, 15) is 13.2 Å². The molecule has 2 aromatic rings. The van der Waals surface area contributed by atoms with E-state index in [0.717, 1.165) is 12.5 Å². The van der Waals surface area contributed by atoms with Crippen LogP contribution in [-0.4, -0.2) is 16.0 Å². The number of alkyl halides is 3. The molecule has 0 aliphatic heterocycles. The SMILES string of the molecule is CCC(C)Nc1nccc(Nc2ccc(Cl)c(C(F)(F)F)c2)n1. The number of halogens is 4. The van der Waals surface area contributed by atoms with E-state index >= 15 is 0 Å². The first-order valence-corrected chi connectivity index (χ1v) is 7.40. The third-order valence-electron chi connectivity index (χ3n) is 3.19. The van der Waals surface area contributed by atoms with Gasteiger partial charge in [0.05, 0.1) is 10.6 Å². The molecule has 0 fully saturated rings. The number of aromatic nitrogens is 2. The van der Waals surface area contributed by atoms with Gasteiger partial charge in [0.25, 0.3) is 0 Å². The van der Waals surface area contributed by atoms with Crippen LogP contribution in [0.4, 0.5) is 30.6 Å². The van der Waals surface area contributed by atoms with Gasteiger partial charge >= 0.3 is 6.18 Å². The molecule has 23 heavy (non-hydrogen) atoms. The van der Waals surface area contributed by atoms with Crippen LogP contribution in [0.1, 0.15) is 25.8 Å². The molecule has 1 heterocycles. The molecule has 1 atom stereocenters. The summed E-state index contributed by atoms with van der Waals surface area (Å²) in [5.41, 5.74) is -0.647. The van der Waals surface area contributed by atoms with E-state index in [1.165, 1.54) is 18.3 Å². The molecule has 0 aliphatic carbocycles. The van der Waals surface area contributed by atoms with Crippen molar-refractivity contribution in [3.8, 4) is 0 Å². The summed E-state index contributed by atoms with van der Waals surface area (Å²) in [6.07, 6.45) is -2.09. The summed E-state index contributed by atoms with van der Waals surface area (Å²) in [5, 5.41) is 5.58. The molecule has 4 nitrogen and oxygen atoms in total. The smallest absolute Gasteiger partial charge is 0.352 e. The van der Waals surface area contributed by atoms with Gasteiger partial charge in [-0.1, -0.05) is 18.5 Å². The molecular weight excluding hydrogens is 329 g/mol. The van der Waals surface area contributed by atoms with E-state index in [-0.39, 0.29) is 16.8 Å². The molecular formula is C15H16ClF3N4. The van der Waals surface area contributed by atoms with E-state index in [2.05, 4.69) is 20.6 Å². The van der Waals surface area contributed by atoms with Gasteiger partial charge in [-0.15, -0.1) is 0 Å². The first-order chi connectivity index (χ1) is 10.8. The van der Waals surface area contributed by atoms with E-state index in [1.54, 1.807) is 6.07 Å². The summed E-state index contributed by atoms with van der Waals surface area (Å²) in [6.45, 7) is 4.00. The predicted molar refractivity (Wildman–Crippen MR) is 85.1 cm³/mol. The van der Waals surface area contributed by atoms with Crippen molar-refractivity contribution in [3.05, 3.63) is 41.0 Å². The third kappa shape index (κ3) is 4.72. The van der Waals surface area contributed by atoms with Gasteiger partial charge in [-0.05, 0) is 37.6 Å². The van der Waals surface area contributed by atoms with Crippen molar-refractivity contribution >= 4 is 29.1 Å². The first-order valence-electron chi connectivity index (χ1n) is 7.03. The van der Waals surface area contributed by atoms with Crippen LogP contribution in [0.2, 0.25) is 5.02 Å². The summed E-state index contributed by atoms with van der Waals surface area (Å²) in [5.74, 6) is 0.801. The average Bonchev–Trinajstić information content (AvgIpc) is 2.48. The van der Waals surface area contributed by atoms with Gasteiger partial charge in [-0.3, -0.25) is 0 Å². The highest BCUT2D eigenvalue weighted by Gasteiger charge is 2.33. The normalized spacial score (nSPS) is 12.8. The van der Waals surface area contributed by atoms with Crippen LogP contribution in [0, 0.1) is 0 Å². The average molecular weight is 345 g/mol. The minimum atomic E-state index is -4.51. The Hall–Kier alpha value is -2.02. The van der Waals surface area contributed by atoms with Crippen molar-refractivity contribution in [2.45, 2.75) is 32.5 Å². The molecule has 0 saturated carbocycles. The monoisotopic (exact) mass is 344 g/mol. The highest BCUT2D eigenvalue weighted by molar-refractivity contribution is 6.31. The number of nitrogens with one attached hydrogen (secondary N) is 2. The van der Waals surface area contributed by atoms with Gasteiger partial charge < -0.3 is 10.6 Å². The first kappa shape index (κ1) is 17.3. The van der Waals surface area contributed by atoms with E-state index in [1.807, 2.05) is 13.8 Å². The lowest BCUT2D eigenvalue weighted by Crippen LogP contribution is -2.15. The van der Waals surface area contributed by atoms with Crippen LogP contribution in [0.3, 0.4) is 0 Å². The van der Waals surface area contributed by atoms with Crippen LogP contribution in [0.25, 0.3) is 0 Å². The highest BCUT2D eigenvalue weighted by atomic mass is 35.5.